The van der Waals surface area contributed by atoms with Crippen molar-refractivity contribution in [2.45, 2.75) is 6.04 Å². The predicted octanol–water partition coefficient (Wildman–Crippen LogP) is 1.62. The molecule has 0 spiro atoms. The molecule has 18 heavy (non-hydrogen) atoms. The number of rotatable bonds is 2. The summed E-state index contributed by atoms with van der Waals surface area (Å²) in [4.78, 5) is 4.26. The zero-order chi connectivity index (χ0) is 12.4. The molecule has 88 valence electrons. The Bertz CT molecular complexity index is 547. The molecule has 1 aliphatic heterocycles. The molecular weight excluding hydrogens is 224 g/mol. The van der Waals surface area contributed by atoms with Gasteiger partial charge in [-0.25, -0.2) is 0 Å². The molecule has 4 nitrogen and oxygen atoms in total. The van der Waals surface area contributed by atoms with Gasteiger partial charge in [0.15, 0.2) is 0 Å². The Morgan fingerprint density at radius 1 is 0.833 bits per heavy atom. The normalized spacial score (nSPS) is 18.4. The first-order chi connectivity index (χ1) is 8.86. The number of hydrogen-bond acceptors (Lipinski definition) is 4. The van der Waals surface area contributed by atoms with Crippen LogP contribution >= 0.6 is 0 Å². The van der Waals surface area contributed by atoms with Crippen molar-refractivity contribution in [3.8, 4) is 0 Å². The van der Waals surface area contributed by atoms with Gasteiger partial charge >= 0.3 is 0 Å². The zero-order valence-electron chi connectivity index (χ0n) is 9.69. The van der Waals surface area contributed by atoms with E-state index in [-0.39, 0.29) is 6.04 Å². The van der Waals surface area contributed by atoms with Crippen LogP contribution in [-0.2, 0) is 0 Å². The molecule has 1 unspecified atom stereocenters. The van der Waals surface area contributed by atoms with Gasteiger partial charge < -0.3 is 5.73 Å². The van der Waals surface area contributed by atoms with Gasteiger partial charge in [-0.3, -0.25) is 4.98 Å². The smallest absolute Gasteiger partial charge is 0.112 e. The molecule has 2 N–H and O–H groups in total. The third kappa shape index (κ3) is 1.83. The van der Waals surface area contributed by atoms with Crippen molar-refractivity contribution in [1.82, 2.24) is 4.98 Å². The number of pyridine rings is 1. The van der Waals surface area contributed by atoms with Gasteiger partial charge in [-0.05, 0) is 17.7 Å². The Labute approximate surface area is 105 Å². The summed E-state index contributed by atoms with van der Waals surface area (Å²) in [5.41, 5.74) is 9.47. The van der Waals surface area contributed by atoms with Crippen LogP contribution in [0.2, 0.25) is 0 Å². The molecule has 0 aliphatic carbocycles. The zero-order valence-corrected chi connectivity index (χ0v) is 9.69. The molecule has 3 rings (SSSR count). The first kappa shape index (κ1) is 10.8. The Morgan fingerprint density at radius 3 is 2.28 bits per heavy atom. The maximum atomic E-state index is 6.19. The Kier molecular flexibility index (Phi) is 2.70. The maximum Gasteiger partial charge on any atom is 0.112 e. The van der Waals surface area contributed by atoms with E-state index in [1.165, 1.54) is 0 Å². The number of benzene rings is 1. The first-order valence-corrected chi connectivity index (χ1v) is 5.74. The topological polar surface area (TPSA) is 63.6 Å². The molecule has 0 fully saturated rings. The molecule has 1 aromatic heterocycles. The van der Waals surface area contributed by atoms with Crippen molar-refractivity contribution in [2.75, 3.05) is 0 Å². The minimum Gasteiger partial charge on any atom is -0.317 e. The van der Waals surface area contributed by atoms with E-state index in [2.05, 4.69) is 15.2 Å². The lowest BCUT2D eigenvalue weighted by molar-refractivity contribution is 1.14. The van der Waals surface area contributed by atoms with Gasteiger partial charge in [-0.2, -0.15) is 10.2 Å². The quantitative estimate of drug-likeness (QED) is 0.861. The van der Waals surface area contributed by atoms with Crippen LogP contribution < -0.4 is 5.73 Å². The largest absolute Gasteiger partial charge is 0.317 e. The van der Waals surface area contributed by atoms with E-state index < -0.39 is 0 Å². The van der Waals surface area contributed by atoms with E-state index in [9.17, 15) is 0 Å². The minimum absolute atomic E-state index is 0.317. The number of hydrogen-bond donors (Lipinski definition) is 1. The van der Waals surface area contributed by atoms with Gasteiger partial charge in [0.2, 0.25) is 0 Å². The summed E-state index contributed by atoms with van der Waals surface area (Å²) in [6.07, 6.45) is 1.73. The fourth-order valence-corrected chi connectivity index (χ4v) is 1.93. The van der Waals surface area contributed by atoms with Gasteiger partial charge in [-0.1, -0.05) is 36.4 Å². The molecule has 1 aromatic carbocycles. The SMILES string of the molecule is NC1C(c2ccccc2)=NN=C1c1ccccn1. The lowest BCUT2D eigenvalue weighted by Gasteiger charge is -2.09. The van der Waals surface area contributed by atoms with Crippen molar-refractivity contribution < 1.29 is 0 Å². The van der Waals surface area contributed by atoms with Crippen LogP contribution in [0.5, 0.6) is 0 Å². The summed E-state index contributed by atoms with van der Waals surface area (Å²) in [5, 5.41) is 8.35. The highest BCUT2D eigenvalue weighted by molar-refractivity contribution is 6.25. The lowest BCUT2D eigenvalue weighted by Crippen LogP contribution is -2.37. The molecule has 0 saturated carbocycles. The molecule has 0 amide bonds. The van der Waals surface area contributed by atoms with Crippen LogP contribution in [-0.4, -0.2) is 22.4 Å². The fraction of sp³-hybridized carbons (Fsp3) is 0.0714. The van der Waals surface area contributed by atoms with Crippen molar-refractivity contribution in [3.63, 3.8) is 0 Å². The van der Waals surface area contributed by atoms with Crippen LogP contribution in [0.25, 0.3) is 0 Å². The highest BCUT2D eigenvalue weighted by Gasteiger charge is 2.26. The van der Waals surface area contributed by atoms with Crippen LogP contribution in [0.4, 0.5) is 0 Å². The van der Waals surface area contributed by atoms with Crippen molar-refractivity contribution in [2.24, 2.45) is 15.9 Å². The van der Waals surface area contributed by atoms with E-state index in [1.54, 1.807) is 6.20 Å². The van der Waals surface area contributed by atoms with Crippen LogP contribution in [0.15, 0.2) is 64.9 Å². The third-order valence-electron chi connectivity index (χ3n) is 2.85. The van der Waals surface area contributed by atoms with E-state index in [0.29, 0.717) is 0 Å². The minimum atomic E-state index is -0.317. The van der Waals surface area contributed by atoms with E-state index in [4.69, 9.17) is 5.73 Å². The Morgan fingerprint density at radius 2 is 1.56 bits per heavy atom. The van der Waals surface area contributed by atoms with Gasteiger partial charge in [0, 0.05) is 6.20 Å². The second kappa shape index (κ2) is 4.50. The monoisotopic (exact) mass is 236 g/mol. The maximum absolute atomic E-state index is 6.19. The molecule has 1 aliphatic rings. The molecule has 2 heterocycles. The molecule has 0 radical (unpaired) electrons. The van der Waals surface area contributed by atoms with E-state index in [1.807, 2.05) is 48.5 Å². The summed E-state index contributed by atoms with van der Waals surface area (Å²) >= 11 is 0. The van der Waals surface area contributed by atoms with Crippen LogP contribution in [0.1, 0.15) is 11.3 Å². The first-order valence-electron chi connectivity index (χ1n) is 5.74. The second-order valence-electron chi connectivity index (χ2n) is 4.03. The summed E-state index contributed by atoms with van der Waals surface area (Å²) in [6.45, 7) is 0. The van der Waals surface area contributed by atoms with E-state index >= 15 is 0 Å². The molecule has 4 heteroatoms. The summed E-state index contributed by atoms with van der Waals surface area (Å²) in [6, 6.07) is 15.2. The average Bonchev–Trinajstić information content (AvgIpc) is 2.83. The summed E-state index contributed by atoms with van der Waals surface area (Å²) in [7, 11) is 0. The van der Waals surface area contributed by atoms with Gasteiger partial charge in [-0.15, -0.1) is 0 Å². The summed E-state index contributed by atoms with van der Waals surface area (Å²) < 4.78 is 0. The average molecular weight is 236 g/mol. The molecule has 1 atom stereocenters. The predicted molar refractivity (Wildman–Crippen MR) is 71.7 cm³/mol. The number of aromatic nitrogens is 1. The van der Waals surface area contributed by atoms with Crippen LogP contribution in [0.3, 0.4) is 0 Å². The third-order valence-corrected chi connectivity index (χ3v) is 2.85. The van der Waals surface area contributed by atoms with Gasteiger partial charge in [0.1, 0.15) is 5.71 Å². The van der Waals surface area contributed by atoms with Gasteiger partial charge in [0.25, 0.3) is 0 Å². The molecule has 0 bridgehead atoms. The summed E-state index contributed by atoms with van der Waals surface area (Å²) in [5.74, 6) is 0. The Balaban J connectivity index is 1.90. The van der Waals surface area contributed by atoms with Crippen molar-refractivity contribution >= 4 is 11.4 Å². The molecule has 2 aromatic rings. The van der Waals surface area contributed by atoms with Crippen molar-refractivity contribution in [1.29, 1.82) is 0 Å². The molecule has 0 saturated heterocycles. The van der Waals surface area contributed by atoms with E-state index in [0.717, 1.165) is 22.7 Å². The standard InChI is InChI=1S/C14H12N4/c15-12-13(10-6-2-1-3-7-10)17-18-14(12)11-8-4-5-9-16-11/h1-9,12H,15H2. The number of nitrogens with zero attached hydrogens (tertiary/aromatic N) is 3. The van der Waals surface area contributed by atoms with Crippen molar-refractivity contribution in [3.05, 3.63) is 66.0 Å². The lowest BCUT2D eigenvalue weighted by atomic mass is 9.99. The van der Waals surface area contributed by atoms with Crippen LogP contribution in [0, 0.1) is 0 Å². The number of nitrogens with two attached hydrogens (primary N) is 1. The molecular formula is C14H12N4. The fourth-order valence-electron chi connectivity index (χ4n) is 1.93. The second-order valence-corrected chi connectivity index (χ2v) is 4.03. The highest BCUT2D eigenvalue weighted by Crippen LogP contribution is 2.14. The highest BCUT2D eigenvalue weighted by atomic mass is 15.3. The Hall–Kier alpha value is -2.33. The van der Waals surface area contributed by atoms with Gasteiger partial charge in [0.05, 0.1) is 17.4 Å².